The number of aryl methyl sites for hydroxylation is 1. The quantitative estimate of drug-likeness (QED) is 0.671. The van der Waals surface area contributed by atoms with Crippen molar-refractivity contribution in [1.29, 1.82) is 0 Å². The van der Waals surface area contributed by atoms with Gasteiger partial charge in [-0.05, 0) is 30.3 Å². The molecule has 1 heterocycles. The number of aromatic nitrogens is 2. The minimum atomic E-state index is -0.317. The van der Waals surface area contributed by atoms with Crippen LogP contribution in [0, 0.1) is 0 Å². The fraction of sp³-hybridized carbons (Fsp3) is 0.143. The van der Waals surface area contributed by atoms with Gasteiger partial charge in [-0.15, -0.1) is 0 Å². The highest BCUT2D eigenvalue weighted by Crippen LogP contribution is 2.19. The van der Waals surface area contributed by atoms with E-state index in [-0.39, 0.29) is 24.0 Å². The Labute approximate surface area is 167 Å². The summed E-state index contributed by atoms with van der Waals surface area (Å²) in [5.74, 6) is -0.0262. The molecule has 148 valence electrons. The summed E-state index contributed by atoms with van der Waals surface area (Å²) in [5, 5.41) is 9.60. The number of hydrogen-bond acceptors (Lipinski definition) is 5. The number of carbonyl (C=O) groups excluding carboxylic acids is 2. The summed E-state index contributed by atoms with van der Waals surface area (Å²) >= 11 is 0. The highest BCUT2D eigenvalue weighted by molar-refractivity contribution is 5.92. The largest absolute Gasteiger partial charge is 0.484 e. The standard InChI is InChI=1S/C21H20N4O4/c1-14(26)22-17-4-3-5-18(12-17)29-13-20(27)23-16-8-6-15(7-9-16)19-10-11-21(28)25(2)24-19/h3-12H,13H2,1-2H3,(H,22,26)(H,23,27). The number of amides is 2. The Morgan fingerprint density at radius 3 is 2.45 bits per heavy atom. The van der Waals surface area contributed by atoms with Gasteiger partial charge in [-0.25, -0.2) is 4.68 Å². The Bertz CT molecular complexity index is 1090. The highest BCUT2D eigenvalue weighted by Gasteiger charge is 2.06. The molecule has 0 bridgehead atoms. The van der Waals surface area contributed by atoms with Gasteiger partial charge in [0.25, 0.3) is 11.5 Å². The lowest BCUT2D eigenvalue weighted by Gasteiger charge is -2.10. The van der Waals surface area contributed by atoms with Gasteiger partial charge in [-0.3, -0.25) is 14.4 Å². The van der Waals surface area contributed by atoms with Crippen molar-refractivity contribution in [3.63, 3.8) is 0 Å². The Balaban J connectivity index is 1.57. The lowest BCUT2D eigenvalue weighted by atomic mass is 10.1. The van der Waals surface area contributed by atoms with Crippen LogP contribution in [0.5, 0.6) is 5.75 Å². The van der Waals surface area contributed by atoms with Crippen LogP contribution < -0.4 is 20.9 Å². The third-order valence-corrected chi connectivity index (χ3v) is 3.95. The maximum atomic E-state index is 12.1. The zero-order valence-corrected chi connectivity index (χ0v) is 16.0. The van der Waals surface area contributed by atoms with Crippen molar-refractivity contribution in [2.75, 3.05) is 17.2 Å². The Morgan fingerprint density at radius 2 is 1.76 bits per heavy atom. The average Bonchev–Trinajstić information content (AvgIpc) is 2.69. The molecule has 8 nitrogen and oxygen atoms in total. The van der Waals surface area contributed by atoms with Gasteiger partial charge in [0, 0.05) is 43.0 Å². The number of nitrogens with one attached hydrogen (secondary N) is 2. The number of nitrogens with zero attached hydrogens (tertiary/aromatic N) is 2. The van der Waals surface area contributed by atoms with Crippen LogP contribution in [-0.4, -0.2) is 28.2 Å². The van der Waals surface area contributed by atoms with E-state index >= 15 is 0 Å². The van der Waals surface area contributed by atoms with E-state index in [2.05, 4.69) is 15.7 Å². The van der Waals surface area contributed by atoms with Crippen LogP contribution in [0.4, 0.5) is 11.4 Å². The van der Waals surface area contributed by atoms with E-state index in [0.717, 1.165) is 5.56 Å². The van der Waals surface area contributed by atoms with Crippen molar-refractivity contribution in [1.82, 2.24) is 9.78 Å². The minimum Gasteiger partial charge on any atom is -0.484 e. The molecule has 0 unspecified atom stereocenters. The summed E-state index contributed by atoms with van der Waals surface area (Å²) in [6.07, 6.45) is 0. The fourth-order valence-electron chi connectivity index (χ4n) is 2.59. The van der Waals surface area contributed by atoms with Crippen molar-refractivity contribution < 1.29 is 14.3 Å². The van der Waals surface area contributed by atoms with E-state index < -0.39 is 0 Å². The van der Waals surface area contributed by atoms with E-state index in [1.807, 2.05) is 0 Å². The zero-order chi connectivity index (χ0) is 20.8. The molecule has 0 aliphatic carbocycles. The first-order valence-corrected chi connectivity index (χ1v) is 8.86. The SMILES string of the molecule is CC(=O)Nc1cccc(OCC(=O)Nc2ccc(-c3ccc(=O)n(C)n3)cc2)c1. The number of rotatable bonds is 6. The molecular weight excluding hydrogens is 372 g/mol. The van der Waals surface area contributed by atoms with Crippen LogP contribution in [0.1, 0.15) is 6.92 Å². The maximum Gasteiger partial charge on any atom is 0.266 e. The fourth-order valence-corrected chi connectivity index (χ4v) is 2.59. The third-order valence-electron chi connectivity index (χ3n) is 3.95. The summed E-state index contributed by atoms with van der Waals surface area (Å²) in [7, 11) is 1.59. The molecule has 2 aromatic carbocycles. The van der Waals surface area contributed by atoms with E-state index in [4.69, 9.17) is 4.74 Å². The summed E-state index contributed by atoms with van der Waals surface area (Å²) in [4.78, 5) is 34.7. The van der Waals surface area contributed by atoms with Gasteiger partial charge in [-0.1, -0.05) is 18.2 Å². The molecule has 0 saturated carbocycles. The van der Waals surface area contributed by atoms with Crippen LogP contribution in [0.3, 0.4) is 0 Å². The van der Waals surface area contributed by atoms with Gasteiger partial charge in [-0.2, -0.15) is 5.10 Å². The number of carbonyl (C=O) groups is 2. The highest BCUT2D eigenvalue weighted by atomic mass is 16.5. The molecular formula is C21H20N4O4. The molecule has 2 N–H and O–H groups in total. The van der Waals surface area contributed by atoms with E-state index in [0.29, 0.717) is 22.8 Å². The average molecular weight is 392 g/mol. The zero-order valence-electron chi connectivity index (χ0n) is 16.0. The molecule has 3 aromatic rings. The van der Waals surface area contributed by atoms with Gasteiger partial charge in [0.1, 0.15) is 5.75 Å². The lowest BCUT2D eigenvalue weighted by Crippen LogP contribution is -2.20. The molecule has 0 aliphatic heterocycles. The lowest BCUT2D eigenvalue weighted by molar-refractivity contribution is -0.118. The maximum absolute atomic E-state index is 12.1. The van der Waals surface area contributed by atoms with Gasteiger partial charge >= 0.3 is 0 Å². The topological polar surface area (TPSA) is 102 Å². The minimum absolute atomic E-state index is 0.173. The van der Waals surface area contributed by atoms with Crippen molar-refractivity contribution in [2.45, 2.75) is 6.92 Å². The Hall–Kier alpha value is -3.94. The van der Waals surface area contributed by atoms with Crippen LogP contribution in [0.15, 0.2) is 65.5 Å². The van der Waals surface area contributed by atoms with Crippen LogP contribution >= 0.6 is 0 Å². The molecule has 0 spiro atoms. The smallest absolute Gasteiger partial charge is 0.266 e. The van der Waals surface area contributed by atoms with Crippen LogP contribution in [0.25, 0.3) is 11.3 Å². The number of ether oxygens (including phenoxy) is 1. The molecule has 0 atom stereocenters. The summed E-state index contributed by atoms with van der Waals surface area (Å²) in [6.45, 7) is 1.24. The third kappa shape index (κ3) is 5.52. The van der Waals surface area contributed by atoms with Crippen LogP contribution in [-0.2, 0) is 16.6 Å². The van der Waals surface area contributed by atoms with Crippen molar-refractivity contribution >= 4 is 23.2 Å². The van der Waals surface area contributed by atoms with E-state index in [1.54, 1.807) is 61.6 Å². The summed E-state index contributed by atoms with van der Waals surface area (Å²) < 4.78 is 6.74. The first-order valence-electron chi connectivity index (χ1n) is 8.86. The second-order valence-corrected chi connectivity index (χ2v) is 6.30. The molecule has 0 radical (unpaired) electrons. The molecule has 0 aliphatic rings. The molecule has 3 rings (SSSR count). The number of hydrogen-bond donors (Lipinski definition) is 2. The van der Waals surface area contributed by atoms with Gasteiger partial charge in [0.2, 0.25) is 5.91 Å². The molecule has 0 saturated heterocycles. The second-order valence-electron chi connectivity index (χ2n) is 6.30. The van der Waals surface area contributed by atoms with Gasteiger partial charge < -0.3 is 15.4 Å². The number of benzene rings is 2. The molecule has 29 heavy (non-hydrogen) atoms. The van der Waals surface area contributed by atoms with E-state index in [9.17, 15) is 14.4 Å². The first kappa shape index (κ1) is 19.8. The molecule has 0 fully saturated rings. The molecule has 1 aromatic heterocycles. The summed E-state index contributed by atoms with van der Waals surface area (Å²) in [5.41, 5.74) is 2.51. The monoisotopic (exact) mass is 392 g/mol. The molecule has 2 amide bonds. The summed E-state index contributed by atoms with van der Waals surface area (Å²) in [6, 6.07) is 17.0. The van der Waals surface area contributed by atoms with Gasteiger partial charge in [0.05, 0.1) is 5.69 Å². The number of anilines is 2. The van der Waals surface area contributed by atoms with E-state index in [1.165, 1.54) is 17.7 Å². The Morgan fingerprint density at radius 1 is 1.00 bits per heavy atom. The second kappa shape index (κ2) is 8.83. The van der Waals surface area contributed by atoms with Gasteiger partial charge in [0.15, 0.2) is 6.61 Å². The van der Waals surface area contributed by atoms with Crippen molar-refractivity contribution in [3.05, 3.63) is 71.0 Å². The van der Waals surface area contributed by atoms with Crippen molar-refractivity contribution in [2.24, 2.45) is 7.05 Å². The van der Waals surface area contributed by atoms with Crippen molar-refractivity contribution in [3.8, 4) is 17.0 Å². The molecule has 8 heteroatoms. The normalized spacial score (nSPS) is 10.3. The predicted molar refractivity (Wildman–Crippen MR) is 110 cm³/mol. The van der Waals surface area contributed by atoms with Crippen LogP contribution in [0.2, 0.25) is 0 Å². The first-order chi connectivity index (χ1) is 13.9. The Kier molecular flexibility index (Phi) is 6.03. The predicted octanol–water partition coefficient (Wildman–Crippen LogP) is 2.42.